The highest BCUT2D eigenvalue weighted by molar-refractivity contribution is 7.93. The van der Waals surface area contributed by atoms with Crippen molar-refractivity contribution >= 4 is 27.7 Å². The first-order chi connectivity index (χ1) is 16.3. The van der Waals surface area contributed by atoms with Crippen molar-refractivity contribution < 1.29 is 22.7 Å². The van der Waals surface area contributed by atoms with Gasteiger partial charge in [0.2, 0.25) is 0 Å². The molecule has 0 spiro atoms. The predicted molar refractivity (Wildman–Crippen MR) is 135 cm³/mol. The Morgan fingerprint density at radius 2 is 1.71 bits per heavy atom. The van der Waals surface area contributed by atoms with Gasteiger partial charge in [-0.05, 0) is 73.4 Å². The number of aryl methyl sites for hydroxylation is 1. The molecule has 7 heteroatoms. The maximum absolute atomic E-state index is 13.5. The van der Waals surface area contributed by atoms with Gasteiger partial charge in [-0.3, -0.25) is 4.79 Å². The van der Waals surface area contributed by atoms with Crippen LogP contribution in [0.1, 0.15) is 30.0 Å². The van der Waals surface area contributed by atoms with Crippen molar-refractivity contribution in [1.82, 2.24) is 0 Å². The van der Waals surface area contributed by atoms with E-state index in [0.29, 0.717) is 34.9 Å². The topological polar surface area (TPSA) is 72.9 Å². The number of nitrogens with zero attached hydrogens (tertiary/aromatic N) is 1. The second kappa shape index (κ2) is 11.0. The molecule has 0 aliphatic heterocycles. The minimum atomic E-state index is -4.14. The fraction of sp³-hybridized carbons (Fsp3) is 0.222. The number of carbonyl (C=O) groups excluding carboxylic acids is 1. The second-order valence-electron chi connectivity index (χ2n) is 7.73. The molecule has 0 heterocycles. The summed E-state index contributed by atoms with van der Waals surface area (Å²) in [6.07, 6.45) is 3.68. The van der Waals surface area contributed by atoms with E-state index in [1.165, 1.54) is 18.2 Å². The molecule has 0 saturated heterocycles. The number of amides is 1. The van der Waals surface area contributed by atoms with Crippen LogP contribution in [0, 0.1) is 13.8 Å². The summed E-state index contributed by atoms with van der Waals surface area (Å²) >= 11 is 0. The molecule has 3 rings (SSSR count). The molecule has 0 atom stereocenters. The van der Waals surface area contributed by atoms with E-state index in [1.807, 2.05) is 19.9 Å². The van der Waals surface area contributed by atoms with Crippen LogP contribution in [-0.4, -0.2) is 28.0 Å². The third-order valence-electron chi connectivity index (χ3n) is 5.34. The molecule has 3 aromatic rings. The summed E-state index contributed by atoms with van der Waals surface area (Å²) in [7, 11) is -2.60. The molecule has 178 valence electrons. The molecular weight excluding hydrogens is 450 g/mol. The van der Waals surface area contributed by atoms with Crippen molar-refractivity contribution in [1.29, 1.82) is 0 Å². The quantitative estimate of drug-likeness (QED) is 0.377. The Balaban J connectivity index is 2.01. The van der Waals surface area contributed by atoms with E-state index in [1.54, 1.807) is 68.6 Å². The molecule has 0 saturated carbocycles. The lowest BCUT2D eigenvalue weighted by Crippen LogP contribution is -2.36. The summed E-state index contributed by atoms with van der Waals surface area (Å²) in [5, 5.41) is 0. The Morgan fingerprint density at radius 3 is 2.38 bits per heavy atom. The van der Waals surface area contributed by atoms with Crippen molar-refractivity contribution in [2.24, 2.45) is 0 Å². The van der Waals surface area contributed by atoms with Gasteiger partial charge in [0.05, 0.1) is 24.3 Å². The third-order valence-corrected chi connectivity index (χ3v) is 7.07. The summed E-state index contributed by atoms with van der Waals surface area (Å²) in [6.45, 7) is 6.25. The largest absolute Gasteiger partial charge is 0.493 e. The molecule has 0 N–H and O–H groups in total. The zero-order valence-electron chi connectivity index (χ0n) is 19.8. The Hall–Kier alpha value is -3.58. The van der Waals surface area contributed by atoms with Crippen molar-refractivity contribution in [2.75, 3.05) is 18.0 Å². The lowest BCUT2D eigenvalue weighted by Gasteiger charge is -2.24. The van der Waals surface area contributed by atoms with E-state index in [2.05, 4.69) is 0 Å². The first kappa shape index (κ1) is 25.1. The van der Waals surface area contributed by atoms with Gasteiger partial charge in [0, 0.05) is 6.08 Å². The van der Waals surface area contributed by atoms with Gasteiger partial charge < -0.3 is 9.47 Å². The number of ether oxygens (including phenoxy) is 2. The van der Waals surface area contributed by atoms with E-state index in [-0.39, 0.29) is 4.90 Å². The third kappa shape index (κ3) is 5.48. The molecule has 0 aliphatic carbocycles. The summed E-state index contributed by atoms with van der Waals surface area (Å²) in [4.78, 5) is 13.4. The van der Waals surface area contributed by atoms with E-state index >= 15 is 0 Å². The molecule has 34 heavy (non-hydrogen) atoms. The first-order valence-corrected chi connectivity index (χ1v) is 12.4. The highest BCUT2D eigenvalue weighted by atomic mass is 32.2. The lowest BCUT2D eigenvalue weighted by atomic mass is 10.1. The van der Waals surface area contributed by atoms with Crippen LogP contribution in [0.2, 0.25) is 0 Å². The monoisotopic (exact) mass is 479 g/mol. The summed E-state index contributed by atoms with van der Waals surface area (Å²) in [5.41, 5.74) is 2.59. The van der Waals surface area contributed by atoms with E-state index in [4.69, 9.17) is 9.47 Å². The number of anilines is 1. The zero-order chi connectivity index (χ0) is 24.7. The number of carbonyl (C=O) groups is 1. The Morgan fingerprint density at radius 1 is 0.971 bits per heavy atom. The van der Waals surface area contributed by atoms with E-state index in [0.717, 1.165) is 16.3 Å². The molecule has 3 aromatic carbocycles. The van der Waals surface area contributed by atoms with Crippen molar-refractivity contribution in [3.63, 3.8) is 0 Å². The smallest absolute Gasteiger partial charge is 0.271 e. The number of rotatable bonds is 9. The van der Waals surface area contributed by atoms with Gasteiger partial charge in [-0.2, -0.15) is 4.31 Å². The van der Waals surface area contributed by atoms with Crippen LogP contribution in [0.15, 0.2) is 77.7 Å². The Kier molecular flexibility index (Phi) is 8.12. The van der Waals surface area contributed by atoms with Crippen LogP contribution in [-0.2, 0) is 14.8 Å². The van der Waals surface area contributed by atoms with Crippen molar-refractivity contribution in [3.8, 4) is 11.5 Å². The molecular formula is C27H29NO5S. The standard InChI is InChI=1S/C27H29NO5S/c1-5-18-33-25-16-14-22(19-26(25)32-4)15-17-27(29)28(24-13-9-10-20(2)21(24)3)34(30,31)23-11-7-6-8-12-23/h6-17,19H,5,18H2,1-4H3/b17-15+. The maximum Gasteiger partial charge on any atom is 0.271 e. The molecule has 6 nitrogen and oxygen atoms in total. The highest BCUT2D eigenvalue weighted by Crippen LogP contribution is 2.31. The minimum Gasteiger partial charge on any atom is -0.493 e. The molecule has 0 aliphatic rings. The number of benzene rings is 3. The van der Waals surface area contributed by atoms with Gasteiger partial charge in [0.1, 0.15) is 0 Å². The van der Waals surface area contributed by atoms with Crippen LogP contribution in [0.3, 0.4) is 0 Å². The van der Waals surface area contributed by atoms with Crippen LogP contribution in [0.4, 0.5) is 5.69 Å². The normalized spacial score (nSPS) is 11.4. The number of sulfonamides is 1. The zero-order valence-corrected chi connectivity index (χ0v) is 20.6. The SMILES string of the molecule is CCCOc1ccc(/C=C/C(=O)N(c2cccc(C)c2C)S(=O)(=O)c2ccccc2)cc1OC. The van der Waals surface area contributed by atoms with E-state index in [9.17, 15) is 13.2 Å². The maximum atomic E-state index is 13.5. The number of methoxy groups -OCH3 is 1. The molecule has 1 amide bonds. The Labute approximate surface area is 201 Å². The average molecular weight is 480 g/mol. The molecule has 0 radical (unpaired) electrons. The Bertz CT molecular complexity index is 1280. The van der Waals surface area contributed by atoms with Crippen LogP contribution in [0.5, 0.6) is 11.5 Å². The number of hydrogen-bond donors (Lipinski definition) is 0. The van der Waals surface area contributed by atoms with Crippen LogP contribution >= 0.6 is 0 Å². The molecule has 0 bridgehead atoms. The van der Waals surface area contributed by atoms with Gasteiger partial charge in [0.25, 0.3) is 15.9 Å². The van der Waals surface area contributed by atoms with Gasteiger partial charge in [-0.25, -0.2) is 8.42 Å². The minimum absolute atomic E-state index is 0.0387. The summed E-state index contributed by atoms with van der Waals surface area (Å²) < 4.78 is 39.0. The van der Waals surface area contributed by atoms with Crippen LogP contribution < -0.4 is 13.8 Å². The first-order valence-electron chi connectivity index (χ1n) is 11.0. The number of hydrogen-bond acceptors (Lipinski definition) is 5. The van der Waals surface area contributed by atoms with Gasteiger partial charge >= 0.3 is 0 Å². The highest BCUT2D eigenvalue weighted by Gasteiger charge is 2.31. The van der Waals surface area contributed by atoms with Gasteiger partial charge in [0.15, 0.2) is 11.5 Å². The predicted octanol–water partition coefficient (Wildman–Crippen LogP) is 5.54. The molecule has 0 fully saturated rings. The van der Waals surface area contributed by atoms with E-state index < -0.39 is 15.9 Å². The lowest BCUT2D eigenvalue weighted by molar-refractivity contribution is -0.113. The average Bonchev–Trinajstić information content (AvgIpc) is 2.84. The fourth-order valence-electron chi connectivity index (χ4n) is 3.37. The van der Waals surface area contributed by atoms with Crippen LogP contribution in [0.25, 0.3) is 6.08 Å². The molecule has 0 unspecified atom stereocenters. The summed E-state index contributed by atoms with van der Waals surface area (Å²) in [6, 6.07) is 18.5. The molecule has 0 aromatic heterocycles. The van der Waals surface area contributed by atoms with Gasteiger partial charge in [-0.15, -0.1) is 0 Å². The second-order valence-corrected chi connectivity index (χ2v) is 9.52. The fourth-order valence-corrected chi connectivity index (χ4v) is 4.84. The van der Waals surface area contributed by atoms with Gasteiger partial charge in [-0.1, -0.05) is 43.3 Å². The van der Waals surface area contributed by atoms with Crippen molar-refractivity contribution in [2.45, 2.75) is 32.1 Å². The summed E-state index contributed by atoms with van der Waals surface area (Å²) in [5.74, 6) is 0.464. The van der Waals surface area contributed by atoms with Crippen molar-refractivity contribution in [3.05, 3.63) is 89.5 Å².